The van der Waals surface area contributed by atoms with Crippen LogP contribution in [0.15, 0.2) is 72.9 Å². The van der Waals surface area contributed by atoms with Crippen molar-refractivity contribution in [2.75, 3.05) is 24.4 Å². The number of benzene rings is 3. The Balaban J connectivity index is 1.21. The molecule has 3 N–H and O–H groups in total. The lowest BCUT2D eigenvalue weighted by atomic mass is 9.93. The first kappa shape index (κ1) is 32.3. The van der Waals surface area contributed by atoms with Crippen molar-refractivity contribution < 1.29 is 27.5 Å². The van der Waals surface area contributed by atoms with Gasteiger partial charge in [0, 0.05) is 50.4 Å². The molecule has 252 valence electrons. The van der Waals surface area contributed by atoms with E-state index in [0.717, 1.165) is 22.0 Å². The molecule has 7 rings (SSSR count). The van der Waals surface area contributed by atoms with Crippen LogP contribution in [0.25, 0.3) is 10.9 Å². The molecule has 0 radical (unpaired) electrons. The first-order chi connectivity index (χ1) is 23.0. The number of aryl methyl sites for hydroxylation is 1. The zero-order chi connectivity index (χ0) is 33.8. The summed E-state index contributed by atoms with van der Waals surface area (Å²) in [6, 6.07) is 16.8. The number of rotatable bonds is 9. The van der Waals surface area contributed by atoms with Gasteiger partial charge >= 0.3 is 0 Å². The van der Waals surface area contributed by atoms with Gasteiger partial charge in [0.2, 0.25) is 15.9 Å². The number of sulfonamides is 1. The normalized spacial score (nSPS) is 20.8. The number of nitrogens with zero attached hydrogens (tertiary/aromatic N) is 3. The van der Waals surface area contributed by atoms with Crippen LogP contribution in [-0.4, -0.2) is 77.9 Å². The van der Waals surface area contributed by atoms with Crippen LogP contribution >= 0.6 is 0 Å². The number of aliphatic hydroxyl groups is 1. The third-order valence-electron chi connectivity index (χ3n) is 10.2. The molecule has 1 aliphatic carbocycles. The summed E-state index contributed by atoms with van der Waals surface area (Å²) < 4.78 is 43.7. The highest BCUT2D eigenvalue weighted by atomic mass is 32.2. The first-order valence-electron chi connectivity index (χ1n) is 16.4. The van der Waals surface area contributed by atoms with Crippen LogP contribution in [0.4, 0.5) is 10.1 Å². The number of hydrogen-bond acceptors (Lipinski definition) is 6. The fourth-order valence-corrected chi connectivity index (χ4v) is 9.12. The Morgan fingerprint density at radius 1 is 1.10 bits per heavy atom. The van der Waals surface area contributed by atoms with Gasteiger partial charge in [-0.3, -0.25) is 13.9 Å². The Labute approximate surface area is 279 Å². The number of nitrogens with one attached hydrogen (secondary N) is 2. The number of hydrogen-bond donors (Lipinski definition) is 3. The molecule has 2 fully saturated rings. The number of aromatic nitrogens is 1. The molecule has 2 amide bonds. The molecule has 0 bridgehead atoms. The average molecular weight is 674 g/mol. The summed E-state index contributed by atoms with van der Waals surface area (Å²) in [7, 11) is -2.14. The summed E-state index contributed by atoms with van der Waals surface area (Å²) in [4.78, 5) is 29.5. The molecular formula is C36H40FN5O5S. The topological polar surface area (TPSA) is 124 Å². The van der Waals surface area contributed by atoms with Crippen molar-refractivity contribution in [1.82, 2.24) is 20.1 Å². The van der Waals surface area contributed by atoms with E-state index in [0.29, 0.717) is 56.7 Å². The van der Waals surface area contributed by atoms with Crippen molar-refractivity contribution in [3.8, 4) is 0 Å². The van der Waals surface area contributed by atoms with Crippen LogP contribution in [0, 0.1) is 5.82 Å². The zero-order valence-corrected chi connectivity index (χ0v) is 27.8. The molecule has 48 heavy (non-hydrogen) atoms. The lowest BCUT2D eigenvalue weighted by molar-refractivity contribution is -0.140. The van der Waals surface area contributed by atoms with Crippen LogP contribution < -0.4 is 14.9 Å². The number of amides is 2. The first-order valence-corrected chi connectivity index (χ1v) is 17.9. The Hall–Kier alpha value is -4.26. The lowest BCUT2D eigenvalue weighted by Crippen LogP contribution is -2.63. The number of carbonyl (C=O) groups is 2. The maximum absolute atomic E-state index is 14.1. The molecule has 3 aliphatic rings. The van der Waals surface area contributed by atoms with Gasteiger partial charge in [-0.1, -0.05) is 49.4 Å². The second-order valence-corrected chi connectivity index (χ2v) is 15.6. The molecule has 1 spiro atoms. The summed E-state index contributed by atoms with van der Waals surface area (Å²) in [5.41, 5.74) is 4.07. The van der Waals surface area contributed by atoms with Crippen LogP contribution in [0.1, 0.15) is 46.8 Å². The Morgan fingerprint density at radius 2 is 1.83 bits per heavy atom. The van der Waals surface area contributed by atoms with E-state index in [1.54, 1.807) is 36.2 Å². The van der Waals surface area contributed by atoms with Crippen molar-refractivity contribution in [2.24, 2.45) is 0 Å². The minimum Gasteiger partial charge on any atom is -0.389 e. The molecule has 1 saturated heterocycles. The number of carbonyl (C=O) groups excluding carboxylic acids is 2. The number of anilines is 1. The van der Waals surface area contributed by atoms with Crippen molar-refractivity contribution in [1.29, 1.82) is 0 Å². The molecule has 3 atom stereocenters. The molecule has 0 unspecified atom stereocenters. The molecule has 3 heterocycles. The van der Waals surface area contributed by atoms with Gasteiger partial charge < -0.3 is 25.2 Å². The summed E-state index contributed by atoms with van der Waals surface area (Å²) in [6.45, 7) is 3.70. The Bertz CT molecular complexity index is 1980. The highest BCUT2D eigenvalue weighted by Crippen LogP contribution is 2.51. The molecule has 1 saturated carbocycles. The highest BCUT2D eigenvalue weighted by Gasteiger charge is 2.58. The number of piperazine rings is 1. The number of aliphatic hydroxyl groups excluding tert-OH is 1. The summed E-state index contributed by atoms with van der Waals surface area (Å²) in [5.74, 6) is -1.22. The van der Waals surface area contributed by atoms with E-state index in [1.165, 1.54) is 16.4 Å². The van der Waals surface area contributed by atoms with E-state index in [4.69, 9.17) is 0 Å². The molecular weight excluding hydrogens is 633 g/mol. The Kier molecular flexibility index (Phi) is 8.29. The minimum absolute atomic E-state index is 0.125. The van der Waals surface area contributed by atoms with E-state index in [-0.39, 0.29) is 17.9 Å². The third-order valence-corrected chi connectivity index (χ3v) is 12.7. The second kappa shape index (κ2) is 12.3. The van der Waals surface area contributed by atoms with Crippen LogP contribution in [0.2, 0.25) is 0 Å². The molecule has 3 aromatic carbocycles. The highest BCUT2D eigenvalue weighted by molar-refractivity contribution is 7.94. The van der Waals surface area contributed by atoms with E-state index >= 15 is 0 Å². The predicted octanol–water partition coefficient (Wildman–Crippen LogP) is 3.36. The van der Waals surface area contributed by atoms with Gasteiger partial charge in [-0.05, 0) is 66.6 Å². The summed E-state index contributed by atoms with van der Waals surface area (Å²) >= 11 is 0. The largest absolute Gasteiger partial charge is 0.389 e. The van der Waals surface area contributed by atoms with E-state index in [2.05, 4.69) is 10.6 Å². The molecule has 10 nitrogen and oxygen atoms in total. The summed E-state index contributed by atoms with van der Waals surface area (Å²) in [5, 5.41) is 18.7. The maximum Gasteiger partial charge on any atom is 0.251 e. The molecule has 2 aliphatic heterocycles. The Morgan fingerprint density at radius 3 is 2.52 bits per heavy atom. The van der Waals surface area contributed by atoms with Gasteiger partial charge in [0.15, 0.2) is 0 Å². The van der Waals surface area contributed by atoms with Gasteiger partial charge in [-0.25, -0.2) is 12.8 Å². The van der Waals surface area contributed by atoms with E-state index in [9.17, 15) is 27.5 Å². The fraction of sp³-hybridized carbons (Fsp3) is 0.389. The molecule has 4 aromatic rings. The van der Waals surface area contributed by atoms with Crippen LogP contribution in [0.5, 0.6) is 0 Å². The average Bonchev–Trinajstić information content (AvgIpc) is 3.81. The van der Waals surface area contributed by atoms with Crippen molar-refractivity contribution in [2.45, 2.75) is 68.6 Å². The van der Waals surface area contributed by atoms with Gasteiger partial charge in [-0.15, -0.1) is 0 Å². The standard InChI is InChI=1S/C36H40FN5O5S/c1-3-25-21-42-22-36(13-14-36)48(46,47)40(2)30-19-26(18-28(25)32(30)42)34(44)39-29(17-23-9-11-27(37)12-10-23)33(43)31-35(45)41(16-15-38-31)20-24-7-5-4-6-8-24/h4-12,18-19,21,29,31,33,38,43H,3,13-17,20,22H2,1-2H3,(H,39,44)/t29-,31-,33-/m0/s1. The fourth-order valence-electron chi connectivity index (χ4n) is 7.23. The number of halogens is 1. The molecule has 12 heteroatoms. The molecule has 1 aromatic heterocycles. The smallest absolute Gasteiger partial charge is 0.251 e. The quantitative estimate of drug-likeness (QED) is 0.251. The predicted molar refractivity (Wildman–Crippen MR) is 182 cm³/mol. The zero-order valence-electron chi connectivity index (χ0n) is 27.0. The van der Waals surface area contributed by atoms with Crippen molar-refractivity contribution in [3.05, 3.63) is 101 Å². The van der Waals surface area contributed by atoms with Crippen LogP contribution in [0.3, 0.4) is 0 Å². The van der Waals surface area contributed by atoms with Gasteiger partial charge in [0.25, 0.3) is 5.91 Å². The SMILES string of the molecule is CCc1cn2c3c(cc(C(=O)N[C@@H](Cc4ccc(F)cc4)[C@H](O)[C@@H]4NCCN(Cc5ccccc5)C4=O)cc13)N(C)S(=O)(=O)C1(CC1)C2. The second-order valence-electron chi connectivity index (χ2n) is 13.3. The van der Waals surface area contributed by atoms with Crippen LogP contribution in [-0.2, 0) is 40.7 Å². The monoisotopic (exact) mass is 673 g/mol. The van der Waals surface area contributed by atoms with Gasteiger partial charge in [0.1, 0.15) is 16.6 Å². The van der Waals surface area contributed by atoms with E-state index < -0.39 is 44.7 Å². The van der Waals surface area contributed by atoms with Crippen molar-refractivity contribution in [3.63, 3.8) is 0 Å². The lowest BCUT2D eigenvalue weighted by Gasteiger charge is -2.38. The van der Waals surface area contributed by atoms with Crippen molar-refractivity contribution >= 4 is 38.4 Å². The van der Waals surface area contributed by atoms with E-state index in [1.807, 2.05) is 48.0 Å². The van der Waals surface area contributed by atoms with Gasteiger partial charge in [-0.2, -0.15) is 0 Å². The summed E-state index contributed by atoms with van der Waals surface area (Å²) in [6.07, 6.45) is 2.65. The minimum atomic E-state index is -3.68. The third kappa shape index (κ3) is 5.65. The maximum atomic E-state index is 14.1. The van der Waals surface area contributed by atoms with Gasteiger partial charge in [0.05, 0.1) is 23.3 Å².